The molecular formula is C18H12N4O2. The summed E-state index contributed by atoms with van der Waals surface area (Å²) < 4.78 is 5.46. The number of rotatable bonds is 2. The molecule has 6 heteroatoms. The monoisotopic (exact) mass is 316 g/mol. The third-order valence-corrected chi connectivity index (χ3v) is 4.13. The van der Waals surface area contributed by atoms with Gasteiger partial charge in [0, 0.05) is 24.5 Å². The molecule has 2 aromatic heterocycles. The van der Waals surface area contributed by atoms with Gasteiger partial charge in [-0.05, 0) is 35.4 Å². The Morgan fingerprint density at radius 1 is 1.25 bits per heavy atom. The van der Waals surface area contributed by atoms with Crippen molar-refractivity contribution in [2.24, 2.45) is 0 Å². The van der Waals surface area contributed by atoms with Crippen molar-refractivity contribution in [2.45, 2.75) is 12.6 Å². The van der Waals surface area contributed by atoms with Crippen molar-refractivity contribution in [1.29, 1.82) is 5.26 Å². The molecule has 116 valence electrons. The van der Waals surface area contributed by atoms with Crippen LogP contribution in [-0.4, -0.2) is 20.8 Å². The highest BCUT2D eigenvalue weighted by molar-refractivity contribution is 5.95. The molecule has 1 amide bonds. The van der Waals surface area contributed by atoms with Gasteiger partial charge in [-0.2, -0.15) is 5.26 Å². The van der Waals surface area contributed by atoms with Crippen LogP contribution >= 0.6 is 0 Å². The minimum absolute atomic E-state index is 0.117. The number of nitriles is 1. The van der Waals surface area contributed by atoms with Gasteiger partial charge < -0.3 is 9.32 Å². The zero-order chi connectivity index (χ0) is 16.5. The van der Waals surface area contributed by atoms with Crippen molar-refractivity contribution in [1.82, 2.24) is 14.9 Å². The molecule has 0 aliphatic carbocycles. The molecule has 1 atom stereocenters. The normalized spacial score (nSPS) is 15.8. The summed E-state index contributed by atoms with van der Waals surface area (Å²) in [5.41, 5.74) is 3.03. The van der Waals surface area contributed by atoms with Crippen LogP contribution in [0.15, 0.2) is 59.7 Å². The highest BCUT2D eigenvalue weighted by Gasteiger charge is 2.37. The van der Waals surface area contributed by atoms with Crippen LogP contribution in [0.25, 0.3) is 0 Å². The Balaban J connectivity index is 1.80. The van der Waals surface area contributed by atoms with E-state index in [0.717, 1.165) is 11.1 Å². The van der Waals surface area contributed by atoms with Crippen molar-refractivity contribution in [3.63, 3.8) is 0 Å². The fourth-order valence-electron chi connectivity index (χ4n) is 3.04. The number of amides is 1. The number of fused-ring (bicyclic) bond motifs is 1. The van der Waals surface area contributed by atoms with Crippen LogP contribution in [0.4, 0.5) is 0 Å². The second kappa shape index (κ2) is 5.63. The van der Waals surface area contributed by atoms with Gasteiger partial charge in [-0.1, -0.05) is 6.07 Å². The third kappa shape index (κ3) is 2.23. The maximum absolute atomic E-state index is 12.9. The molecule has 24 heavy (non-hydrogen) atoms. The number of benzene rings is 1. The number of hydrogen-bond donors (Lipinski definition) is 0. The van der Waals surface area contributed by atoms with E-state index >= 15 is 0 Å². The fourth-order valence-corrected chi connectivity index (χ4v) is 3.04. The molecule has 0 saturated heterocycles. The Bertz CT molecular complexity index is 929. The van der Waals surface area contributed by atoms with Crippen LogP contribution < -0.4 is 0 Å². The number of pyridine rings is 1. The number of aromatic nitrogens is 2. The molecule has 0 saturated carbocycles. The summed E-state index contributed by atoms with van der Waals surface area (Å²) >= 11 is 0. The first-order valence-electron chi connectivity index (χ1n) is 7.40. The van der Waals surface area contributed by atoms with Crippen LogP contribution in [-0.2, 0) is 6.54 Å². The van der Waals surface area contributed by atoms with Crippen molar-refractivity contribution in [3.8, 4) is 6.07 Å². The smallest absolute Gasteiger partial charge is 0.255 e. The second-order valence-electron chi connectivity index (χ2n) is 5.50. The SMILES string of the molecule is N#Cc1ccc2c(c1)CN(C(=O)c1ccncc1)[C@@H]2c1cnco1. The summed E-state index contributed by atoms with van der Waals surface area (Å²) in [6, 6.07) is 10.6. The highest BCUT2D eigenvalue weighted by atomic mass is 16.3. The van der Waals surface area contributed by atoms with E-state index in [2.05, 4.69) is 16.0 Å². The Morgan fingerprint density at radius 2 is 2.08 bits per heavy atom. The van der Waals surface area contributed by atoms with Crippen molar-refractivity contribution >= 4 is 5.91 Å². The first-order valence-corrected chi connectivity index (χ1v) is 7.40. The third-order valence-electron chi connectivity index (χ3n) is 4.13. The van der Waals surface area contributed by atoms with Gasteiger partial charge >= 0.3 is 0 Å². The van der Waals surface area contributed by atoms with Crippen LogP contribution in [0.2, 0.25) is 0 Å². The first-order chi connectivity index (χ1) is 11.8. The fraction of sp³-hybridized carbons (Fsp3) is 0.111. The number of carbonyl (C=O) groups excluding carboxylic acids is 1. The topological polar surface area (TPSA) is 83.0 Å². The summed E-state index contributed by atoms with van der Waals surface area (Å²) in [7, 11) is 0. The average molecular weight is 316 g/mol. The molecule has 3 heterocycles. The predicted molar refractivity (Wildman–Crippen MR) is 83.6 cm³/mol. The first kappa shape index (κ1) is 14.2. The lowest BCUT2D eigenvalue weighted by Gasteiger charge is -2.23. The largest absolute Gasteiger partial charge is 0.446 e. The average Bonchev–Trinajstić information content (AvgIpc) is 3.28. The molecule has 1 aliphatic rings. The Kier molecular flexibility index (Phi) is 3.32. The van der Waals surface area contributed by atoms with Crippen molar-refractivity contribution < 1.29 is 9.21 Å². The molecule has 4 rings (SSSR count). The van der Waals surface area contributed by atoms with E-state index < -0.39 is 0 Å². The van der Waals surface area contributed by atoms with Gasteiger partial charge in [0.1, 0.15) is 6.04 Å². The minimum atomic E-state index is -0.351. The van der Waals surface area contributed by atoms with Gasteiger partial charge in [-0.3, -0.25) is 9.78 Å². The van der Waals surface area contributed by atoms with Crippen LogP contribution in [0.3, 0.4) is 0 Å². The number of hydrogen-bond acceptors (Lipinski definition) is 5. The highest BCUT2D eigenvalue weighted by Crippen LogP contribution is 2.39. The van der Waals surface area contributed by atoms with Crippen molar-refractivity contribution in [3.05, 3.63) is 83.3 Å². The summed E-state index contributed by atoms with van der Waals surface area (Å²) in [5.74, 6) is 0.481. The molecule has 0 fully saturated rings. The van der Waals surface area contributed by atoms with E-state index in [-0.39, 0.29) is 11.9 Å². The van der Waals surface area contributed by atoms with Gasteiger partial charge in [-0.25, -0.2) is 4.98 Å². The van der Waals surface area contributed by atoms with Crippen LogP contribution in [0.5, 0.6) is 0 Å². The van der Waals surface area contributed by atoms with E-state index in [0.29, 0.717) is 23.4 Å². The zero-order valence-electron chi connectivity index (χ0n) is 12.6. The van der Waals surface area contributed by atoms with Crippen LogP contribution in [0.1, 0.15) is 38.9 Å². The quantitative estimate of drug-likeness (QED) is 0.726. The lowest BCUT2D eigenvalue weighted by molar-refractivity contribution is 0.0703. The molecule has 1 aromatic carbocycles. The number of oxazole rings is 1. The maximum Gasteiger partial charge on any atom is 0.255 e. The lowest BCUT2D eigenvalue weighted by Crippen LogP contribution is -2.30. The molecule has 3 aromatic rings. The van der Waals surface area contributed by atoms with E-state index in [1.165, 1.54) is 6.39 Å². The zero-order valence-corrected chi connectivity index (χ0v) is 12.6. The van der Waals surface area contributed by atoms with Gasteiger partial charge in [0.15, 0.2) is 12.2 Å². The summed E-state index contributed by atoms with van der Waals surface area (Å²) in [5, 5.41) is 9.11. The van der Waals surface area contributed by atoms with E-state index in [1.54, 1.807) is 41.7 Å². The Labute approximate surface area is 138 Å². The van der Waals surface area contributed by atoms with Gasteiger partial charge in [0.25, 0.3) is 5.91 Å². The van der Waals surface area contributed by atoms with Gasteiger partial charge in [0.05, 0.1) is 17.8 Å². The molecule has 1 aliphatic heterocycles. The molecule has 0 spiro atoms. The van der Waals surface area contributed by atoms with Gasteiger partial charge in [0.2, 0.25) is 0 Å². The van der Waals surface area contributed by atoms with Crippen LogP contribution in [0, 0.1) is 11.3 Å². The predicted octanol–water partition coefficient (Wildman–Crippen LogP) is 2.69. The molecule has 6 nitrogen and oxygen atoms in total. The number of nitrogens with zero attached hydrogens (tertiary/aromatic N) is 4. The van der Waals surface area contributed by atoms with E-state index in [4.69, 9.17) is 9.68 Å². The van der Waals surface area contributed by atoms with E-state index in [9.17, 15) is 4.79 Å². The summed E-state index contributed by atoms with van der Waals surface area (Å²) in [4.78, 5) is 22.6. The number of carbonyl (C=O) groups is 1. The standard InChI is InChI=1S/C18H12N4O2/c19-8-12-1-2-15-14(7-12)10-22(17(15)16-9-21-11-24-16)18(23)13-3-5-20-6-4-13/h1-7,9,11,17H,10H2/t17-/m0/s1. The molecular weight excluding hydrogens is 304 g/mol. The minimum Gasteiger partial charge on any atom is -0.446 e. The Morgan fingerprint density at radius 3 is 2.79 bits per heavy atom. The molecule has 0 unspecified atom stereocenters. The molecule has 0 bridgehead atoms. The maximum atomic E-state index is 12.9. The van der Waals surface area contributed by atoms with Crippen molar-refractivity contribution in [2.75, 3.05) is 0 Å². The Hall–Kier alpha value is -3.46. The second-order valence-corrected chi connectivity index (χ2v) is 5.50. The lowest BCUT2D eigenvalue weighted by atomic mass is 10.0. The van der Waals surface area contributed by atoms with Gasteiger partial charge in [-0.15, -0.1) is 0 Å². The molecule has 0 radical (unpaired) electrons. The summed E-state index contributed by atoms with van der Waals surface area (Å²) in [6.07, 6.45) is 6.15. The molecule has 0 N–H and O–H groups in total. The van der Waals surface area contributed by atoms with E-state index in [1.807, 2.05) is 12.1 Å². The summed E-state index contributed by atoms with van der Waals surface area (Å²) in [6.45, 7) is 0.414.